The molecule has 4 nitrogen and oxygen atoms in total. The Morgan fingerprint density at radius 3 is 2.47 bits per heavy atom. The second-order valence-corrected chi connectivity index (χ2v) is 6.04. The van der Waals surface area contributed by atoms with Gasteiger partial charge in [0.15, 0.2) is 0 Å². The van der Waals surface area contributed by atoms with Crippen LogP contribution < -0.4 is 10.6 Å². The Balaban J connectivity index is 1.86. The minimum absolute atomic E-state index is 0.00319. The predicted molar refractivity (Wildman–Crippen MR) is 69.3 cm³/mol. The van der Waals surface area contributed by atoms with Gasteiger partial charge in [-0.1, -0.05) is 12.8 Å². The van der Waals surface area contributed by atoms with Crippen LogP contribution in [0.25, 0.3) is 0 Å². The van der Waals surface area contributed by atoms with E-state index in [4.69, 9.17) is 0 Å². The molecule has 6 heteroatoms. The van der Waals surface area contributed by atoms with E-state index in [2.05, 4.69) is 15.5 Å². The molecule has 1 unspecified atom stereocenters. The average Bonchev–Trinajstić information content (AvgIpc) is 2.93. The summed E-state index contributed by atoms with van der Waals surface area (Å²) in [5.41, 5.74) is -0.00319. The molecule has 0 radical (unpaired) electrons. The van der Waals surface area contributed by atoms with Crippen molar-refractivity contribution in [1.82, 2.24) is 15.5 Å². The number of hydrogen-bond acceptors (Lipinski definition) is 3. The molecule has 2 aliphatic rings. The molecule has 1 saturated heterocycles. The summed E-state index contributed by atoms with van der Waals surface area (Å²) in [6, 6.07) is -0.754. The number of carbonyl (C=O) groups excluding carboxylic acids is 1. The second kappa shape index (κ2) is 5.32. The predicted octanol–water partition coefficient (Wildman–Crippen LogP) is 0.974. The summed E-state index contributed by atoms with van der Waals surface area (Å²) in [4.78, 5) is 14.1. The van der Waals surface area contributed by atoms with E-state index in [-0.39, 0.29) is 11.4 Å². The van der Waals surface area contributed by atoms with E-state index in [1.54, 1.807) is 0 Å². The molecule has 19 heavy (non-hydrogen) atoms. The van der Waals surface area contributed by atoms with E-state index in [1.807, 2.05) is 14.1 Å². The number of rotatable bonds is 4. The molecule has 0 spiro atoms. The maximum atomic E-state index is 13.0. The quantitative estimate of drug-likeness (QED) is 0.804. The second-order valence-electron chi connectivity index (χ2n) is 6.04. The number of nitrogens with one attached hydrogen (secondary N) is 2. The number of alkyl halides is 2. The molecule has 2 rings (SSSR count). The van der Waals surface area contributed by atoms with Gasteiger partial charge in [-0.3, -0.25) is 10.1 Å². The third kappa shape index (κ3) is 3.23. The van der Waals surface area contributed by atoms with E-state index in [0.717, 1.165) is 25.7 Å². The van der Waals surface area contributed by atoms with Crippen LogP contribution in [0.2, 0.25) is 0 Å². The first-order valence-electron chi connectivity index (χ1n) is 6.91. The highest BCUT2D eigenvalue weighted by atomic mass is 19.3. The zero-order valence-electron chi connectivity index (χ0n) is 11.6. The summed E-state index contributed by atoms with van der Waals surface area (Å²) in [5, 5.41) is 5.44. The fraction of sp³-hybridized carbons (Fsp3) is 0.923. The molecule has 0 aromatic carbocycles. The molecule has 0 aromatic heterocycles. The van der Waals surface area contributed by atoms with Gasteiger partial charge >= 0.3 is 0 Å². The van der Waals surface area contributed by atoms with Crippen LogP contribution in [0.1, 0.15) is 32.1 Å². The van der Waals surface area contributed by atoms with Crippen molar-refractivity contribution < 1.29 is 13.6 Å². The highest BCUT2D eigenvalue weighted by Gasteiger charge is 2.43. The lowest BCUT2D eigenvalue weighted by Gasteiger charge is -2.36. The molecule has 1 saturated carbocycles. The van der Waals surface area contributed by atoms with Gasteiger partial charge in [0.05, 0.1) is 12.6 Å². The smallest absolute Gasteiger partial charge is 0.262 e. The van der Waals surface area contributed by atoms with Gasteiger partial charge in [-0.05, 0) is 26.9 Å². The topological polar surface area (TPSA) is 44.4 Å². The fourth-order valence-corrected chi connectivity index (χ4v) is 3.09. The summed E-state index contributed by atoms with van der Waals surface area (Å²) in [6.07, 6.45) is 4.03. The lowest BCUT2D eigenvalue weighted by atomic mass is 9.96. The van der Waals surface area contributed by atoms with Gasteiger partial charge in [-0.15, -0.1) is 0 Å². The molecule has 0 bridgehead atoms. The number of likely N-dealkylation sites (N-methyl/N-ethyl adjacent to an activating group) is 1. The van der Waals surface area contributed by atoms with Crippen LogP contribution in [0.15, 0.2) is 0 Å². The van der Waals surface area contributed by atoms with Crippen molar-refractivity contribution >= 4 is 5.91 Å². The summed E-state index contributed by atoms with van der Waals surface area (Å²) >= 11 is 0. The van der Waals surface area contributed by atoms with E-state index in [1.165, 1.54) is 0 Å². The normalized spacial score (nSPS) is 28.8. The van der Waals surface area contributed by atoms with E-state index in [9.17, 15) is 13.6 Å². The van der Waals surface area contributed by atoms with Gasteiger partial charge in [0.1, 0.15) is 0 Å². The Morgan fingerprint density at radius 2 is 2.00 bits per heavy atom. The van der Waals surface area contributed by atoms with Crippen molar-refractivity contribution in [3.05, 3.63) is 0 Å². The highest BCUT2D eigenvalue weighted by molar-refractivity contribution is 5.82. The van der Waals surface area contributed by atoms with Crippen LogP contribution in [0.3, 0.4) is 0 Å². The maximum Gasteiger partial charge on any atom is 0.262 e. The van der Waals surface area contributed by atoms with E-state index in [0.29, 0.717) is 6.54 Å². The number of amides is 1. The number of hydrogen-bond donors (Lipinski definition) is 2. The fourth-order valence-electron chi connectivity index (χ4n) is 3.09. The Morgan fingerprint density at radius 1 is 1.37 bits per heavy atom. The van der Waals surface area contributed by atoms with Crippen LogP contribution in [-0.4, -0.2) is 55.5 Å². The third-order valence-electron chi connectivity index (χ3n) is 4.50. The van der Waals surface area contributed by atoms with Gasteiger partial charge in [0.25, 0.3) is 5.92 Å². The van der Waals surface area contributed by atoms with Crippen molar-refractivity contribution in [3.63, 3.8) is 0 Å². The first kappa shape index (κ1) is 14.7. The molecule has 1 amide bonds. The summed E-state index contributed by atoms with van der Waals surface area (Å²) < 4.78 is 26.1. The highest BCUT2D eigenvalue weighted by Crippen LogP contribution is 2.33. The van der Waals surface area contributed by atoms with Crippen molar-refractivity contribution in [3.8, 4) is 0 Å². The molecule has 0 aromatic rings. The lowest BCUT2D eigenvalue weighted by Crippen LogP contribution is -2.53. The summed E-state index contributed by atoms with van der Waals surface area (Å²) in [7, 11) is 4.03. The molecule has 1 aliphatic carbocycles. The standard InChI is InChI=1S/C13H23F2N3O/c1-18(2)12(5-3-4-6-12)8-17-11(19)10-7-13(14,15)9-16-10/h10,16H,3-9H2,1-2H3,(H,17,19). The maximum absolute atomic E-state index is 13.0. The van der Waals surface area contributed by atoms with Crippen molar-refractivity contribution in [2.45, 2.75) is 49.6 Å². The molecular formula is C13H23F2N3O. The monoisotopic (exact) mass is 275 g/mol. The minimum atomic E-state index is -2.76. The number of carbonyl (C=O) groups is 1. The molecule has 1 aliphatic heterocycles. The zero-order valence-corrected chi connectivity index (χ0v) is 11.6. The lowest BCUT2D eigenvalue weighted by molar-refractivity contribution is -0.124. The van der Waals surface area contributed by atoms with E-state index >= 15 is 0 Å². The van der Waals surface area contributed by atoms with Crippen molar-refractivity contribution in [1.29, 1.82) is 0 Å². The average molecular weight is 275 g/mol. The number of halogens is 2. The van der Waals surface area contributed by atoms with Crippen LogP contribution >= 0.6 is 0 Å². The van der Waals surface area contributed by atoms with Crippen molar-refractivity contribution in [2.75, 3.05) is 27.2 Å². The van der Waals surface area contributed by atoms with Gasteiger partial charge in [-0.2, -0.15) is 0 Å². The van der Waals surface area contributed by atoms with Gasteiger partial charge in [0, 0.05) is 18.5 Å². The van der Waals surface area contributed by atoms with Crippen molar-refractivity contribution in [2.24, 2.45) is 0 Å². The van der Waals surface area contributed by atoms with Crippen LogP contribution in [-0.2, 0) is 4.79 Å². The number of nitrogens with zero attached hydrogens (tertiary/aromatic N) is 1. The first-order chi connectivity index (χ1) is 8.85. The SMILES string of the molecule is CN(C)C1(CNC(=O)C2CC(F)(F)CN2)CCCC1. The Labute approximate surface area is 112 Å². The zero-order chi connectivity index (χ0) is 14.1. The minimum Gasteiger partial charge on any atom is -0.353 e. The van der Waals surface area contributed by atoms with Crippen LogP contribution in [0, 0.1) is 0 Å². The van der Waals surface area contributed by atoms with Gasteiger partial charge in [0.2, 0.25) is 5.91 Å². The summed E-state index contributed by atoms with van der Waals surface area (Å²) in [6.45, 7) is 0.145. The molecular weight excluding hydrogens is 252 g/mol. The first-order valence-corrected chi connectivity index (χ1v) is 6.91. The largest absolute Gasteiger partial charge is 0.353 e. The molecule has 1 heterocycles. The third-order valence-corrected chi connectivity index (χ3v) is 4.50. The Kier molecular flexibility index (Phi) is 4.11. The van der Waals surface area contributed by atoms with Gasteiger partial charge < -0.3 is 10.2 Å². The Hall–Kier alpha value is -0.750. The molecule has 110 valence electrons. The Bertz CT molecular complexity index is 341. The van der Waals surface area contributed by atoms with Crippen LogP contribution in [0.5, 0.6) is 0 Å². The van der Waals surface area contributed by atoms with Gasteiger partial charge in [-0.25, -0.2) is 8.78 Å². The summed E-state index contributed by atoms with van der Waals surface area (Å²) in [5.74, 6) is -3.06. The van der Waals surface area contributed by atoms with Crippen LogP contribution in [0.4, 0.5) is 8.78 Å². The molecule has 1 atom stereocenters. The van der Waals surface area contributed by atoms with E-state index < -0.39 is 24.9 Å². The molecule has 2 fully saturated rings. The molecule has 2 N–H and O–H groups in total.